The Labute approximate surface area is 136 Å². The van der Waals surface area contributed by atoms with Gasteiger partial charge < -0.3 is 15.4 Å². The monoisotopic (exact) mass is 314 g/mol. The summed E-state index contributed by atoms with van der Waals surface area (Å²) in [5.41, 5.74) is 2.55. The Balaban J connectivity index is 1.92. The molecule has 1 heterocycles. The maximum Gasteiger partial charge on any atom is 0.319 e. The topological polar surface area (TPSA) is 68.2 Å². The lowest BCUT2D eigenvalue weighted by Crippen LogP contribution is -2.31. The summed E-state index contributed by atoms with van der Waals surface area (Å²) in [6.45, 7) is 8.05. The van der Waals surface area contributed by atoms with Crippen LogP contribution in [0, 0.1) is 0 Å². The molecule has 0 aliphatic carbocycles. The van der Waals surface area contributed by atoms with Gasteiger partial charge in [-0.25, -0.2) is 4.79 Å². The second-order valence-electron chi connectivity index (χ2n) is 5.54. The van der Waals surface area contributed by atoms with Gasteiger partial charge in [0.05, 0.1) is 12.2 Å². The predicted octanol–water partition coefficient (Wildman–Crippen LogP) is 3.26. The molecule has 0 saturated heterocycles. The highest BCUT2D eigenvalue weighted by Gasteiger charge is 2.11. The van der Waals surface area contributed by atoms with E-state index >= 15 is 0 Å². The first-order valence-corrected chi connectivity index (χ1v) is 7.37. The van der Waals surface area contributed by atoms with Crippen LogP contribution in [0.5, 0.6) is 5.75 Å². The Morgan fingerprint density at radius 1 is 1.48 bits per heavy atom. The summed E-state index contributed by atoms with van der Waals surface area (Å²) in [5.74, 6) is 0.686. The molecule has 23 heavy (non-hydrogen) atoms. The number of rotatable bonds is 6. The third-order valence-electron chi connectivity index (χ3n) is 3.15. The number of aromatic nitrogens is 2. The Hall–Kier alpha value is -2.76. The van der Waals surface area contributed by atoms with E-state index in [4.69, 9.17) is 4.74 Å². The van der Waals surface area contributed by atoms with Crippen molar-refractivity contribution < 1.29 is 9.53 Å². The molecule has 6 nitrogen and oxygen atoms in total. The van der Waals surface area contributed by atoms with Gasteiger partial charge >= 0.3 is 6.03 Å². The molecule has 0 saturated carbocycles. The molecule has 2 amide bonds. The van der Waals surface area contributed by atoms with E-state index in [0.29, 0.717) is 18.0 Å². The predicted molar refractivity (Wildman–Crippen MR) is 90.5 cm³/mol. The van der Waals surface area contributed by atoms with Crippen LogP contribution < -0.4 is 15.4 Å². The second kappa shape index (κ2) is 7.49. The summed E-state index contributed by atoms with van der Waals surface area (Å²) >= 11 is 0. The van der Waals surface area contributed by atoms with Crippen LogP contribution in [0.15, 0.2) is 48.8 Å². The van der Waals surface area contributed by atoms with Crippen molar-refractivity contribution in [1.82, 2.24) is 15.1 Å². The third kappa shape index (κ3) is 5.18. The molecule has 1 atom stereocenters. The van der Waals surface area contributed by atoms with Crippen molar-refractivity contribution in [3.8, 4) is 5.75 Å². The van der Waals surface area contributed by atoms with Crippen LogP contribution in [-0.2, 0) is 7.05 Å². The van der Waals surface area contributed by atoms with E-state index < -0.39 is 0 Å². The molecule has 1 unspecified atom stereocenters. The van der Waals surface area contributed by atoms with Gasteiger partial charge in [0.15, 0.2) is 0 Å². The quantitative estimate of drug-likeness (QED) is 0.804. The number of carbonyl (C=O) groups is 1. The first-order valence-electron chi connectivity index (χ1n) is 7.37. The molecule has 0 spiro atoms. The first kappa shape index (κ1) is 16.6. The number of aryl methyl sites for hydroxylation is 1. The third-order valence-corrected chi connectivity index (χ3v) is 3.15. The number of carbonyl (C=O) groups excluding carboxylic acids is 1. The molecule has 0 aliphatic rings. The Bertz CT molecular complexity index is 693. The standard InChI is InChI=1S/C17H22N4O2/c1-12(2)11-23-16-7-5-6-15(8-16)20-17(22)19-13(3)14-9-18-21(4)10-14/h5-10,13H,1,11H2,2-4H3,(H2,19,20,22). The van der Waals surface area contributed by atoms with Gasteiger partial charge in [-0.1, -0.05) is 12.6 Å². The van der Waals surface area contributed by atoms with Crippen molar-refractivity contribution >= 4 is 11.7 Å². The minimum atomic E-state index is -0.279. The van der Waals surface area contributed by atoms with Gasteiger partial charge in [-0.15, -0.1) is 0 Å². The van der Waals surface area contributed by atoms with Crippen molar-refractivity contribution in [2.24, 2.45) is 7.05 Å². The van der Waals surface area contributed by atoms with E-state index in [2.05, 4.69) is 22.3 Å². The van der Waals surface area contributed by atoms with Crippen molar-refractivity contribution in [3.63, 3.8) is 0 Å². The lowest BCUT2D eigenvalue weighted by Gasteiger charge is -2.14. The SMILES string of the molecule is C=C(C)COc1cccc(NC(=O)NC(C)c2cnn(C)c2)c1. The zero-order valence-corrected chi connectivity index (χ0v) is 13.7. The Morgan fingerprint density at radius 2 is 2.26 bits per heavy atom. The molecule has 2 N–H and O–H groups in total. The van der Waals surface area contributed by atoms with E-state index in [0.717, 1.165) is 11.1 Å². The molecule has 2 aromatic rings. The molecule has 0 aliphatic heterocycles. The Kier molecular flexibility index (Phi) is 5.41. The van der Waals surface area contributed by atoms with Crippen LogP contribution in [0.25, 0.3) is 0 Å². The van der Waals surface area contributed by atoms with Crippen LogP contribution >= 0.6 is 0 Å². The van der Waals surface area contributed by atoms with Gasteiger partial charge in [0.25, 0.3) is 0 Å². The number of nitrogens with zero attached hydrogens (tertiary/aromatic N) is 2. The average molecular weight is 314 g/mol. The summed E-state index contributed by atoms with van der Waals surface area (Å²) in [6, 6.07) is 6.84. The number of ether oxygens (including phenoxy) is 1. The molecule has 0 fully saturated rings. The zero-order valence-electron chi connectivity index (χ0n) is 13.7. The van der Waals surface area contributed by atoms with Gasteiger partial charge in [0, 0.05) is 30.6 Å². The van der Waals surface area contributed by atoms with Crippen molar-refractivity contribution in [2.75, 3.05) is 11.9 Å². The van der Waals surface area contributed by atoms with Crippen LogP contribution in [0.3, 0.4) is 0 Å². The maximum absolute atomic E-state index is 12.1. The van der Waals surface area contributed by atoms with E-state index in [1.54, 1.807) is 16.9 Å². The number of urea groups is 1. The van der Waals surface area contributed by atoms with Crippen molar-refractivity contribution in [1.29, 1.82) is 0 Å². The summed E-state index contributed by atoms with van der Waals surface area (Å²) in [6.07, 6.45) is 3.61. The number of amides is 2. The zero-order chi connectivity index (χ0) is 16.8. The maximum atomic E-state index is 12.1. The summed E-state index contributed by atoms with van der Waals surface area (Å²) < 4.78 is 7.26. The highest BCUT2D eigenvalue weighted by atomic mass is 16.5. The van der Waals surface area contributed by atoms with Gasteiger partial charge in [0.2, 0.25) is 0 Å². The van der Waals surface area contributed by atoms with E-state index in [1.165, 1.54) is 0 Å². The number of benzene rings is 1. The second-order valence-corrected chi connectivity index (χ2v) is 5.54. The first-order chi connectivity index (χ1) is 10.9. The van der Waals surface area contributed by atoms with E-state index in [-0.39, 0.29) is 12.1 Å². The lowest BCUT2D eigenvalue weighted by molar-refractivity contribution is 0.249. The molecule has 2 rings (SSSR count). The van der Waals surface area contributed by atoms with E-state index in [9.17, 15) is 4.79 Å². The normalized spacial score (nSPS) is 11.6. The summed E-state index contributed by atoms with van der Waals surface area (Å²) in [7, 11) is 1.84. The lowest BCUT2D eigenvalue weighted by atomic mass is 10.2. The van der Waals surface area contributed by atoms with Crippen LogP contribution in [0.1, 0.15) is 25.5 Å². The molecule has 1 aromatic carbocycles. The highest BCUT2D eigenvalue weighted by molar-refractivity contribution is 5.89. The number of hydrogen-bond acceptors (Lipinski definition) is 3. The number of nitrogens with one attached hydrogen (secondary N) is 2. The van der Waals surface area contributed by atoms with Crippen LogP contribution in [0.4, 0.5) is 10.5 Å². The Morgan fingerprint density at radius 3 is 2.91 bits per heavy atom. The van der Waals surface area contributed by atoms with Crippen molar-refractivity contribution in [3.05, 3.63) is 54.4 Å². The molecule has 0 bridgehead atoms. The fourth-order valence-electron chi connectivity index (χ4n) is 1.98. The molecular formula is C17H22N4O2. The smallest absolute Gasteiger partial charge is 0.319 e. The fourth-order valence-corrected chi connectivity index (χ4v) is 1.98. The molecule has 0 radical (unpaired) electrons. The molecule has 6 heteroatoms. The van der Waals surface area contributed by atoms with Gasteiger partial charge in [-0.05, 0) is 31.6 Å². The van der Waals surface area contributed by atoms with Crippen LogP contribution in [0.2, 0.25) is 0 Å². The molecule has 1 aromatic heterocycles. The average Bonchev–Trinajstić information content (AvgIpc) is 2.92. The van der Waals surface area contributed by atoms with Gasteiger partial charge in [-0.2, -0.15) is 5.10 Å². The van der Waals surface area contributed by atoms with Gasteiger partial charge in [0.1, 0.15) is 12.4 Å². The van der Waals surface area contributed by atoms with Crippen LogP contribution in [-0.4, -0.2) is 22.4 Å². The largest absolute Gasteiger partial charge is 0.489 e. The number of anilines is 1. The van der Waals surface area contributed by atoms with Crippen molar-refractivity contribution in [2.45, 2.75) is 19.9 Å². The minimum Gasteiger partial charge on any atom is -0.489 e. The summed E-state index contributed by atoms with van der Waals surface area (Å²) in [4.78, 5) is 12.1. The highest BCUT2D eigenvalue weighted by Crippen LogP contribution is 2.18. The fraction of sp³-hybridized carbons (Fsp3) is 0.294. The summed E-state index contributed by atoms with van der Waals surface area (Å²) in [5, 5.41) is 9.76. The number of hydrogen-bond donors (Lipinski definition) is 2. The van der Waals surface area contributed by atoms with Gasteiger partial charge in [-0.3, -0.25) is 4.68 Å². The molecule has 122 valence electrons. The van der Waals surface area contributed by atoms with E-state index in [1.807, 2.05) is 45.3 Å². The minimum absolute atomic E-state index is 0.133. The molecular weight excluding hydrogens is 292 g/mol.